The highest BCUT2D eigenvalue weighted by Crippen LogP contribution is 2.40. The minimum absolute atomic E-state index is 0.0257. The fourth-order valence-corrected chi connectivity index (χ4v) is 2.37. The first-order chi connectivity index (χ1) is 12.1. The molecule has 12 heteroatoms. The predicted octanol–water partition coefficient (Wildman–Crippen LogP) is 3.97. The van der Waals surface area contributed by atoms with Crippen molar-refractivity contribution in [3.8, 4) is 11.6 Å². The van der Waals surface area contributed by atoms with Crippen LogP contribution in [0.2, 0.25) is 5.02 Å². The molecule has 0 amide bonds. The Labute approximate surface area is 149 Å². The lowest BCUT2D eigenvalue weighted by molar-refractivity contribution is -0.385. The number of nitro groups is 1. The second-order valence-electron chi connectivity index (χ2n) is 4.85. The van der Waals surface area contributed by atoms with E-state index < -0.39 is 44.9 Å². The van der Waals surface area contributed by atoms with E-state index in [-0.39, 0.29) is 12.4 Å². The fourth-order valence-electron chi connectivity index (χ4n) is 2.07. The van der Waals surface area contributed by atoms with Gasteiger partial charge in [-0.1, -0.05) is 11.6 Å². The molecule has 0 fully saturated rings. The summed E-state index contributed by atoms with van der Waals surface area (Å²) in [4.78, 5) is 22.1. The van der Waals surface area contributed by atoms with Crippen LogP contribution >= 0.6 is 11.6 Å². The summed E-state index contributed by atoms with van der Waals surface area (Å²) >= 11 is 5.67. The first-order valence-electron chi connectivity index (χ1n) is 6.99. The Bertz CT molecular complexity index is 866. The molecule has 0 saturated carbocycles. The number of carbonyl (C=O) groups excluding carboxylic acids is 1. The van der Waals surface area contributed by atoms with Crippen molar-refractivity contribution >= 4 is 23.3 Å². The highest BCUT2D eigenvalue weighted by atomic mass is 35.5. The maximum atomic E-state index is 12.9. The molecule has 0 atom stereocenters. The molecule has 0 aliphatic rings. The molecule has 0 spiro atoms. The largest absolute Gasteiger partial charge is 0.462 e. The van der Waals surface area contributed by atoms with E-state index in [1.165, 1.54) is 6.92 Å². The molecule has 2 aromatic rings. The molecule has 0 saturated heterocycles. The number of alkyl halides is 3. The molecule has 0 bridgehead atoms. The lowest BCUT2D eigenvalue weighted by Gasteiger charge is -2.07. The molecule has 0 aliphatic heterocycles. The van der Waals surface area contributed by atoms with Crippen molar-refractivity contribution < 1.29 is 32.4 Å². The van der Waals surface area contributed by atoms with Crippen molar-refractivity contribution in [3.05, 3.63) is 44.6 Å². The quantitative estimate of drug-likeness (QED) is 0.433. The van der Waals surface area contributed by atoms with E-state index in [1.807, 2.05) is 0 Å². The van der Waals surface area contributed by atoms with Crippen LogP contribution in [-0.4, -0.2) is 27.3 Å². The lowest BCUT2D eigenvalue weighted by Crippen LogP contribution is -2.12. The first kappa shape index (κ1) is 19.5. The topological polar surface area (TPSA) is 96.5 Å². The average Bonchev–Trinajstić information content (AvgIpc) is 2.81. The Morgan fingerprint density at radius 1 is 1.42 bits per heavy atom. The number of ether oxygens (including phenoxy) is 2. The molecule has 8 nitrogen and oxygen atoms in total. The number of benzene rings is 1. The third-order valence-electron chi connectivity index (χ3n) is 3.10. The van der Waals surface area contributed by atoms with Gasteiger partial charge in [-0.3, -0.25) is 14.8 Å². The second-order valence-corrected chi connectivity index (χ2v) is 5.23. The van der Waals surface area contributed by atoms with E-state index in [2.05, 4.69) is 5.10 Å². The number of aryl methyl sites for hydroxylation is 1. The summed E-state index contributed by atoms with van der Waals surface area (Å²) in [5.41, 5.74) is -2.18. The normalized spacial score (nSPS) is 11.3. The number of hydrogen-bond acceptors (Lipinski definition) is 6. The molecule has 140 valence electrons. The van der Waals surface area contributed by atoms with Crippen LogP contribution in [0.1, 0.15) is 23.0 Å². The number of carbonyl (C=O) groups is 1. The summed E-state index contributed by atoms with van der Waals surface area (Å²) in [7, 11) is 1.03. The van der Waals surface area contributed by atoms with E-state index in [0.717, 1.165) is 25.2 Å². The van der Waals surface area contributed by atoms with E-state index >= 15 is 0 Å². The third-order valence-corrected chi connectivity index (χ3v) is 3.44. The Balaban J connectivity index is 2.44. The SMILES string of the molecule is CCOC(=O)c1cc(Oc2nn(C)c(C(F)(F)F)c2Cl)ccc1[N+](=O)[O-]. The Kier molecular flexibility index (Phi) is 5.40. The maximum Gasteiger partial charge on any atom is 0.434 e. The van der Waals surface area contributed by atoms with Crippen molar-refractivity contribution in [3.63, 3.8) is 0 Å². The van der Waals surface area contributed by atoms with Crippen molar-refractivity contribution in [2.45, 2.75) is 13.1 Å². The fraction of sp³-hybridized carbons (Fsp3) is 0.286. The van der Waals surface area contributed by atoms with Crippen molar-refractivity contribution in [1.29, 1.82) is 0 Å². The monoisotopic (exact) mass is 393 g/mol. The Morgan fingerprint density at radius 3 is 2.58 bits per heavy atom. The summed E-state index contributed by atoms with van der Waals surface area (Å²) in [6, 6.07) is 3.02. The molecule has 0 radical (unpaired) electrons. The smallest absolute Gasteiger partial charge is 0.434 e. The van der Waals surface area contributed by atoms with Crippen LogP contribution in [-0.2, 0) is 18.0 Å². The third kappa shape index (κ3) is 3.87. The van der Waals surface area contributed by atoms with E-state index in [4.69, 9.17) is 21.1 Å². The zero-order valence-electron chi connectivity index (χ0n) is 13.3. The van der Waals surface area contributed by atoms with Gasteiger partial charge in [-0.2, -0.15) is 13.2 Å². The highest BCUT2D eigenvalue weighted by molar-refractivity contribution is 6.32. The number of esters is 1. The molecule has 26 heavy (non-hydrogen) atoms. The van der Waals surface area contributed by atoms with Crippen LogP contribution in [0.3, 0.4) is 0 Å². The van der Waals surface area contributed by atoms with Crippen LogP contribution in [0.4, 0.5) is 18.9 Å². The Hall–Kier alpha value is -2.82. The van der Waals surface area contributed by atoms with Gasteiger partial charge in [-0.25, -0.2) is 4.79 Å². The number of aromatic nitrogens is 2. The van der Waals surface area contributed by atoms with Crippen LogP contribution in [0.15, 0.2) is 18.2 Å². The summed E-state index contributed by atoms with van der Waals surface area (Å²) in [5, 5.41) is 13.8. The van der Waals surface area contributed by atoms with E-state index in [1.54, 1.807) is 0 Å². The van der Waals surface area contributed by atoms with E-state index in [0.29, 0.717) is 4.68 Å². The minimum Gasteiger partial charge on any atom is -0.462 e. The number of hydrogen-bond donors (Lipinski definition) is 0. The van der Waals surface area contributed by atoms with Gasteiger partial charge in [-0.15, -0.1) is 5.10 Å². The van der Waals surface area contributed by atoms with Gasteiger partial charge in [0.05, 0.1) is 11.5 Å². The van der Waals surface area contributed by atoms with Crippen molar-refractivity contribution in [2.24, 2.45) is 7.05 Å². The molecule has 1 heterocycles. The van der Waals surface area contributed by atoms with Gasteiger partial charge in [0, 0.05) is 19.2 Å². The molecule has 0 aliphatic carbocycles. The summed E-state index contributed by atoms with van der Waals surface area (Å²) in [6.07, 6.45) is -4.76. The number of nitro benzene ring substituents is 1. The zero-order valence-corrected chi connectivity index (χ0v) is 14.1. The van der Waals surface area contributed by atoms with Crippen molar-refractivity contribution in [2.75, 3.05) is 6.61 Å². The van der Waals surface area contributed by atoms with Crippen LogP contribution in [0.5, 0.6) is 11.6 Å². The highest BCUT2D eigenvalue weighted by Gasteiger charge is 2.39. The number of rotatable bonds is 5. The van der Waals surface area contributed by atoms with Gasteiger partial charge in [0.15, 0.2) is 5.69 Å². The van der Waals surface area contributed by atoms with Gasteiger partial charge in [0.1, 0.15) is 16.3 Å². The maximum absolute atomic E-state index is 12.9. The van der Waals surface area contributed by atoms with E-state index in [9.17, 15) is 28.1 Å². The summed E-state index contributed by atoms with van der Waals surface area (Å²) in [6.45, 7) is 1.48. The molecular formula is C14H11ClF3N3O5. The molecule has 1 aromatic carbocycles. The second kappa shape index (κ2) is 7.20. The first-order valence-corrected chi connectivity index (χ1v) is 7.37. The summed E-state index contributed by atoms with van der Waals surface area (Å²) in [5.74, 6) is -1.72. The van der Waals surface area contributed by atoms with Crippen LogP contribution in [0, 0.1) is 10.1 Å². The van der Waals surface area contributed by atoms with Crippen LogP contribution in [0.25, 0.3) is 0 Å². The zero-order chi connectivity index (χ0) is 19.6. The standard InChI is InChI=1S/C14H11ClF3N3O5/c1-3-25-13(22)8-6-7(4-5-9(8)21(23)24)26-12-10(15)11(14(16,17)18)20(2)19-12/h4-6H,3H2,1-2H3. The van der Waals surface area contributed by atoms with Gasteiger partial charge < -0.3 is 9.47 Å². The number of nitrogens with zero attached hydrogens (tertiary/aromatic N) is 3. The average molecular weight is 394 g/mol. The number of halogens is 4. The van der Waals surface area contributed by atoms with Crippen molar-refractivity contribution in [1.82, 2.24) is 9.78 Å². The van der Waals surface area contributed by atoms with Gasteiger partial charge in [0.25, 0.3) is 11.6 Å². The predicted molar refractivity (Wildman–Crippen MR) is 82.3 cm³/mol. The molecule has 1 aromatic heterocycles. The van der Waals surface area contributed by atoms with Gasteiger partial charge in [0.2, 0.25) is 0 Å². The summed E-state index contributed by atoms with van der Waals surface area (Å²) < 4.78 is 49.2. The van der Waals surface area contributed by atoms with Gasteiger partial charge >= 0.3 is 12.1 Å². The molecule has 0 N–H and O–H groups in total. The lowest BCUT2D eigenvalue weighted by atomic mass is 10.1. The van der Waals surface area contributed by atoms with Crippen LogP contribution < -0.4 is 4.74 Å². The molecule has 2 rings (SSSR count). The molecule has 0 unspecified atom stereocenters. The van der Waals surface area contributed by atoms with Gasteiger partial charge in [-0.05, 0) is 13.0 Å². The molecular weight excluding hydrogens is 383 g/mol. The Morgan fingerprint density at radius 2 is 2.08 bits per heavy atom. The minimum atomic E-state index is -4.76.